The van der Waals surface area contributed by atoms with Crippen molar-refractivity contribution in [2.45, 2.75) is 76.1 Å². The number of aliphatic hydroxyl groups is 1. The Bertz CT molecular complexity index is 1770. The first-order valence-corrected chi connectivity index (χ1v) is 17.8. The van der Waals surface area contributed by atoms with E-state index < -0.39 is 34.9 Å². The molecule has 5 fully saturated rings. The molecule has 10 nitrogen and oxygen atoms in total. The van der Waals surface area contributed by atoms with E-state index in [9.17, 15) is 24.3 Å². The molecule has 3 aromatic rings. The molecule has 0 spiro atoms. The van der Waals surface area contributed by atoms with E-state index >= 15 is 0 Å². The third-order valence-electron chi connectivity index (χ3n) is 11.7. The van der Waals surface area contributed by atoms with Gasteiger partial charge in [0.25, 0.3) is 0 Å². The first kappa shape index (κ1) is 33.6. The third kappa shape index (κ3) is 6.11. The molecule has 3 N–H and O–H groups in total. The molecule has 1 aliphatic heterocycles. The number of likely N-dealkylation sites (tertiary alicyclic amines) is 1. The highest BCUT2D eigenvalue weighted by molar-refractivity contribution is 6.31. The predicted octanol–water partition coefficient (Wildman–Crippen LogP) is 4.14. The highest BCUT2D eigenvalue weighted by atomic mass is 35.5. The fourth-order valence-corrected chi connectivity index (χ4v) is 10.2. The first-order chi connectivity index (χ1) is 23.4. The number of carbonyl (C=O) groups is 4. The fraction of sp³-hybridized carbons (Fsp3) is 0.526. The number of fused-ring (bicyclic) bond motifs is 1. The number of aliphatic hydroxyl groups excluding tert-OH is 1. The van der Waals surface area contributed by atoms with Crippen molar-refractivity contribution in [1.82, 2.24) is 25.0 Å². The van der Waals surface area contributed by atoms with Gasteiger partial charge in [-0.3, -0.25) is 19.2 Å². The maximum absolute atomic E-state index is 14.7. The highest BCUT2D eigenvalue weighted by Gasteiger charge is 2.64. The number of halogens is 1. The van der Waals surface area contributed by atoms with Crippen molar-refractivity contribution in [1.29, 1.82) is 0 Å². The minimum absolute atomic E-state index is 0.0517. The van der Waals surface area contributed by atoms with Crippen LogP contribution in [0.3, 0.4) is 0 Å². The summed E-state index contributed by atoms with van der Waals surface area (Å²) in [7, 11) is 5.26. The quantitative estimate of drug-likeness (QED) is 0.312. The van der Waals surface area contributed by atoms with Crippen LogP contribution in [0.5, 0.6) is 0 Å². The molecular formula is C38H46ClN5O5. The number of nitrogens with one attached hydrogen (secondary N) is 2. The molecule has 1 saturated heterocycles. The lowest BCUT2D eigenvalue weighted by atomic mass is 9.43. The summed E-state index contributed by atoms with van der Waals surface area (Å²) in [6.07, 6.45) is 5.86. The number of likely N-dealkylation sites (N-methyl/N-ethyl adjacent to an activating group) is 1. The summed E-state index contributed by atoms with van der Waals surface area (Å²) >= 11 is 6.42. The molecule has 4 unspecified atom stereocenters. The van der Waals surface area contributed by atoms with Crippen LogP contribution >= 0.6 is 11.6 Å². The Morgan fingerprint density at radius 1 is 0.959 bits per heavy atom. The van der Waals surface area contributed by atoms with Crippen molar-refractivity contribution >= 4 is 46.1 Å². The van der Waals surface area contributed by atoms with E-state index in [0.717, 1.165) is 41.3 Å². The minimum atomic E-state index is -0.936. The monoisotopic (exact) mass is 687 g/mol. The summed E-state index contributed by atoms with van der Waals surface area (Å²) in [5.41, 5.74) is 1.31. The maximum atomic E-state index is 14.7. The van der Waals surface area contributed by atoms with Crippen molar-refractivity contribution < 1.29 is 24.3 Å². The van der Waals surface area contributed by atoms with Crippen LogP contribution in [0.4, 0.5) is 0 Å². The standard InChI is InChI=1S/C38H46ClN5O5/c1-42(2)35(48)37-15-23-12-24(16-37)18-38(17-23,22-37)36(49)44-21-27(45)14-32(44)33(46)41-31(13-26-19-40-30-11-7-5-9-28(26)30)34(47)43(3)20-25-8-4-6-10-29(25)39/h4-11,19,23-24,27,31-32,40,45H,12-18,20-22H2,1-3H3,(H,41,46)/t23?,24?,27-,31?,32?,37?,38?/m1/s1. The lowest BCUT2D eigenvalue weighted by molar-refractivity contribution is -0.179. The zero-order valence-electron chi connectivity index (χ0n) is 28.5. The topological polar surface area (TPSA) is 126 Å². The number of hydrogen-bond donors (Lipinski definition) is 3. The van der Waals surface area contributed by atoms with Gasteiger partial charge in [0.1, 0.15) is 12.1 Å². The Morgan fingerprint density at radius 3 is 2.35 bits per heavy atom. The largest absolute Gasteiger partial charge is 0.391 e. The van der Waals surface area contributed by atoms with E-state index in [1.165, 1.54) is 0 Å². The van der Waals surface area contributed by atoms with Gasteiger partial charge in [-0.1, -0.05) is 48.0 Å². The number of para-hydroxylation sites is 1. The summed E-state index contributed by atoms with van der Waals surface area (Å²) < 4.78 is 0. The van der Waals surface area contributed by atoms with Crippen molar-refractivity contribution in [3.8, 4) is 0 Å². The number of aromatic nitrogens is 1. The van der Waals surface area contributed by atoms with E-state index in [0.29, 0.717) is 36.1 Å². The molecule has 49 heavy (non-hydrogen) atoms. The van der Waals surface area contributed by atoms with E-state index in [2.05, 4.69) is 10.3 Å². The summed E-state index contributed by atoms with van der Waals surface area (Å²) in [5, 5.41) is 15.4. The second-order valence-electron chi connectivity index (χ2n) is 15.5. The number of amides is 4. The first-order valence-electron chi connectivity index (χ1n) is 17.4. The summed E-state index contributed by atoms with van der Waals surface area (Å²) in [4.78, 5) is 64.6. The van der Waals surface area contributed by atoms with Crippen LogP contribution in [0.2, 0.25) is 5.02 Å². The van der Waals surface area contributed by atoms with E-state index in [4.69, 9.17) is 11.6 Å². The average molecular weight is 688 g/mol. The number of β-amino-alcohol motifs (C(OH)–C–C–N with tert-alkyl or cyclic N) is 1. The number of carbonyl (C=O) groups excluding carboxylic acids is 4. The Kier molecular flexibility index (Phi) is 8.76. The molecular weight excluding hydrogens is 642 g/mol. The SMILES string of the molecule is CN(C)C(=O)C12CC3CC(C1)CC(C(=O)N1C[C@H](O)CC1C(=O)NC(Cc1c[nH]c4ccccc14)C(=O)N(C)Cc1ccccc1Cl)(C3)C2. The van der Waals surface area contributed by atoms with Crippen molar-refractivity contribution in [3.05, 3.63) is 70.9 Å². The molecule has 2 heterocycles. The molecule has 4 saturated carbocycles. The van der Waals surface area contributed by atoms with Gasteiger partial charge in [0.05, 0.1) is 16.9 Å². The average Bonchev–Trinajstić information content (AvgIpc) is 3.67. The van der Waals surface area contributed by atoms with E-state index in [1.807, 2.05) is 48.7 Å². The zero-order chi connectivity index (χ0) is 34.7. The molecule has 2 aromatic carbocycles. The molecule has 4 aliphatic carbocycles. The van der Waals surface area contributed by atoms with Crippen LogP contribution in [0.15, 0.2) is 54.7 Å². The molecule has 11 heteroatoms. The Labute approximate surface area is 292 Å². The lowest BCUT2D eigenvalue weighted by Crippen LogP contribution is -2.63. The second kappa shape index (κ2) is 12.8. The lowest BCUT2D eigenvalue weighted by Gasteiger charge is -2.61. The van der Waals surface area contributed by atoms with Gasteiger partial charge in [-0.2, -0.15) is 0 Å². The number of benzene rings is 2. The summed E-state index contributed by atoms with van der Waals surface area (Å²) in [6, 6.07) is 13.3. The molecule has 4 bridgehead atoms. The maximum Gasteiger partial charge on any atom is 0.245 e. The number of rotatable bonds is 9. The molecule has 5 atom stereocenters. The molecule has 260 valence electrons. The van der Waals surface area contributed by atoms with Gasteiger partial charge in [-0.15, -0.1) is 0 Å². The molecule has 4 amide bonds. The minimum Gasteiger partial charge on any atom is -0.391 e. The summed E-state index contributed by atoms with van der Waals surface area (Å²) in [6.45, 7) is 0.305. The third-order valence-corrected chi connectivity index (χ3v) is 12.0. The second-order valence-corrected chi connectivity index (χ2v) is 15.9. The van der Waals surface area contributed by atoms with Crippen LogP contribution in [-0.2, 0) is 32.1 Å². The molecule has 1 aromatic heterocycles. The predicted molar refractivity (Wildman–Crippen MR) is 186 cm³/mol. The zero-order valence-corrected chi connectivity index (χ0v) is 29.2. The Balaban J connectivity index is 1.14. The van der Waals surface area contributed by atoms with Crippen LogP contribution in [0, 0.1) is 22.7 Å². The van der Waals surface area contributed by atoms with Gasteiger partial charge >= 0.3 is 0 Å². The van der Waals surface area contributed by atoms with E-state index in [1.54, 1.807) is 41.9 Å². The summed E-state index contributed by atoms with van der Waals surface area (Å²) in [5.74, 6) is -0.210. The van der Waals surface area contributed by atoms with Crippen molar-refractivity contribution in [2.75, 3.05) is 27.7 Å². The normalized spacial score (nSPS) is 29.2. The highest BCUT2D eigenvalue weighted by Crippen LogP contribution is 2.66. The number of nitrogens with zero attached hydrogens (tertiary/aromatic N) is 3. The molecule has 5 aliphatic rings. The van der Waals surface area contributed by atoms with Crippen molar-refractivity contribution in [2.24, 2.45) is 22.7 Å². The van der Waals surface area contributed by atoms with E-state index in [-0.39, 0.29) is 43.7 Å². The van der Waals surface area contributed by atoms with Gasteiger partial charge in [-0.05, 0) is 73.6 Å². The van der Waals surface area contributed by atoms with Gasteiger partial charge in [0.15, 0.2) is 0 Å². The van der Waals surface area contributed by atoms with Crippen LogP contribution < -0.4 is 5.32 Å². The Morgan fingerprint density at radius 2 is 1.63 bits per heavy atom. The van der Waals surface area contributed by atoms with Crippen LogP contribution in [0.1, 0.15) is 56.1 Å². The van der Waals surface area contributed by atoms with Gasteiger partial charge in [0.2, 0.25) is 23.6 Å². The van der Waals surface area contributed by atoms with Gasteiger partial charge in [-0.25, -0.2) is 0 Å². The van der Waals surface area contributed by atoms with Gasteiger partial charge in [0, 0.05) is 69.2 Å². The Hall–Kier alpha value is -3.89. The number of H-pyrrole nitrogens is 1. The smallest absolute Gasteiger partial charge is 0.245 e. The fourth-order valence-electron chi connectivity index (χ4n) is 10.0. The van der Waals surface area contributed by atoms with Gasteiger partial charge < -0.3 is 30.1 Å². The molecule has 0 radical (unpaired) electrons. The van der Waals surface area contributed by atoms with Crippen molar-refractivity contribution in [3.63, 3.8) is 0 Å². The molecule has 8 rings (SSSR count). The number of hydrogen-bond acceptors (Lipinski definition) is 5. The van der Waals surface area contributed by atoms with Crippen LogP contribution in [0.25, 0.3) is 10.9 Å². The number of aromatic amines is 1. The van der Waals surface area contributed by atoms with Crippen LogP contribution in [-0.4, -0.2) is 94.3 Å².